The predicted molar refractivity (Wildman–Crippen MR) is 91.7 cm³/mol. The van der Waals surface area contributed by atoms with Crippen LogP contribution in [0.25, 0.3) is 10.9 Å². The largest absolute Gasteiger partial charge is 0.353 e. The summed E-state index contributed by atoms with van der Waals surface area (Å²) in [7, 11) is 0. The Morgan fingerprint density at radius 3 is 3.04 bits per heavy atom. The summed E-state index contributed by atoms with van der Waals surface area (Å²) in [4.78, 5) is 29.1. The second kappa shape index (κ2) is 5.33. The summed E-state index contributed by atoms with van der Waals surface area (Å²) in [5.41, 5.74) is 0.492. The van der Waals surface area contributed by atoms with Gasteiger partial charge in [0.25, 0.3) is 0 Å². The summed E-state index contributed by atoms with van der Waals surface area (Å²) in [6.45, 7) is 2.38. The van der Waals surface area contributed by atoms with Gasteiger partial charge in [-0.15, -0.1) is 0 Å². The number of likely N-dealkylation sites (tertiary alicyclic amines) is 1. The van der Waals surface area contributed by atoms with Gasteiger partial charge < -0.3 is 19.1 Å². The van der Waals surface area contributed by atoms with Crippen LogP contribution in [-0.4, -0.2) is 57.6 Å². The molecule has 2 atom stereocenters. The molecule has 130 valence electrons. The number of aromatic nitrogens is 1. The first-order valence-corrected chi connectivity index (χ1v) is 8.97. The number of carbonyl (C=O) groups excluding carboxylic acids is 2. The molecule has 3 fully saturated rings. The number of fused-ring (bicyclic) bond motifs is 1. The molecule has 1 aromatic heterocycles. The molecule has 3 aliphatic rings. The summed E-state index contributed by atoms with van der Waals surface area (Å²) < 4.78 is 8.06. The molecular formula is C19H21N3O3. The average molecular weight is 339 g/mol. The number of hydrogen-bond donors (Lipinski definition) is 0. The molecular weight excluding hydrogens is 318 g/mol. The SMILES string of the molecule is O=C(Cn1ccc2ccccc21)N1CC[C@@]23OCCCN2C(=O)C[C@@H]13. The van der Waals surface area contributed by atoms with Gasteiger partial charge in [-0.3, -0.25) is 9.59 Å². The molecule has 1 aromatic carbocycles. The Labute approximate surface area is 145 Å². The lowest BCUT2D eigenvalue weighted by atomic mass is 10.0. The van der Waals surface area contributed by atoms with Crippen LogP contribution in [0.2, 0.25) is 0 Å². The fourth-order valence-corrected chi connectivity index (χ4v) is 4.76. The van der Waals surface area contributed by atoms with E-state index in [0.717, 1.165) is 30.3 Å². The molecule has 6 nitrogen and oxygen atoms in total. The number of amides is 2. The quantitative estimate of drug-likeness (QED) is 0.835. The van der Waals surface area contributed by atoms with Crippen LogP contribution in [0.15, 0.2) is 36.5 Å². The molecule has 0 N–H and O–H groups in total. The minimum atomic E-state index is -0.566. The maximum absolute atomic E-state index is 13.0. The van der Waals surface area contributed by atoms with Crippen molar-refractivity contribution in [1.29, 1.82) is 0 Å². The zero-order chi connectivity index (χ0) is 17.0. The molecule has 3 aliphatic heterocycles. The highest BCUT2D eigenvalue weighted by Crippen LogP contribution is 2.44. The van der Waals surface area contributed by atoms with E-state index >= 15 is 0 Å². The van der Waals surface area contributed by atoms with Crippen molar-refractivity contribution in [1.82, 2.24) is 14.4 Å². The van der Waals surface area contributed by atoms with E-state index in [0.29, 0.717) is 26.1 Å². The lowest BCUT2D eigenvalue weighted by Crippen LogP contribution is -2.56. The van der Waals surface area contributed by atoms with Gasteiger partial charge in [0.2, 0.25) is 11.8 Å². The van der Waals surface area contributed by atoms with E-state index in [1.165, 1.54) is 0 Å². The Kier molecular flexibility index (Phi) is 3.19. The van der Waals surface area contributed by atoms with Crippen LogP contribution in [0.4, 0.5) is 0 Å². The summed E-state index contributed by atoms with van der Waals surface area (Å²) in [6, 6.07) is 9.94. The van der Waals surface area contributed by atoms with Crippen LogP contribution in [0.3, 0.4) is 0 Å². The van der Waals surface area contributed by atoms with E-state index in [2.05, 4.69) is 0 Å². The first-order chi connectivity index (χ1) is 12.2. The molecule has 0 bridgehead atoms. The van der Waals surface area contributed by atoms with Crippen LogP contribution in [-0.2, 0) is 20.9 Å². The summed E-state index contributed by atoms with van der Waals surface area (Å²) in [5.74, 6) is 0.181. The van der Waals surface area contributed by atoms with Gasteiger partial charge in [-0.25, -0.2) is 0 Å². The van der Waals surface area contributed by atoms with E-state index in [1.807, 2.05) is 50.9 Å². The van der Waals surface area contributed by atoms with Gasteiger partial charge in [-0.1, -0.05) is 18.2 Å². The first kappa shape index (κ1) is 15.0. The van der Waals surface area contributed by atoms with E-state index in [9.17, 15) is 9.59 Å². The van der Waals surface area contributed by atoms with Gasteiger partial charge in [-0.2, -0.15) is 0 Å². The highest BCUT2D eigenvalue weighted by Gasteiger charge is 2.61. The summed E-state index contributed by atoms with van der Waals surface area (Å²) in [6.07, 6.45) is 3.95. The van der Waals surface area contributed by atoms with Gasteiger partial charge in [-0.05, 0) is 23.9 Å². The maximum atomic E-state index is 13.0. The Morgan fingerprint density at radius 1 is 1.24 bits per heavy atom. The Bertz CT molecular complexity index is 860. The van der Waals surface area contributed by atoms with Crippen molar-refractivity contribution in [2.24, 2.45) is 0 Å². The zero-order valence-electron chi connectivity index (χ0n) is 14.1. The van der Waals surface area contributed by atoms with E-state index in [-0.39, 0.29) is 17.9 Å². The topological polar surface area (TPSA) is 54.8 Å². The lowest BCUT2D eigenvalue weighted by Gasteiger charge is -2.42. The first-order valence-electron chi connectivity index (χ1n) is 8.97. The molecule has 3 saturated heterocycles. The molecule has 5 rings (SSSR count). The van der Waals surface area contributed by atoms with Gasteiger partial charge in [0, 0.05) is 31.2 Å². The molecule has 2 amide bonds. The highest BCUT2D eigenvalue weighted by molar-refractivity contribution is 5.86. The Balaban J connectivity index is 1.41. The normalized spacial score (nSPS) is 28.5. The smallest absolute Gasteiger partial charge is 0.242 e. The van der Waals surface area contributed by atoms with Gasteiger partial charge in [0.1, 0.15) is 6.54 Å². The minimum absolute atomic E-state index is 0.0621. The third-order valence-corrected chi connectivity index (χ3v) is 5.92. The molecule has 0 aliphatic carbocycles. The van der Waals surface area contributed by atoms with E-state index < -0.39 is 5.72 Å². The monoisotopic (exact) mass is 339 g/mol. The highest BCUT2D eigenvalue weighted by atomic mass is 16.5. The fourth-order valence-electron chi connectivity index (χ4n) is 4.76. The molecule has 0 unspecified atom stereocenters. The molecule has 6 heteroatoms. The van der Waals surface area contributed by atoms with Crippen LogP contribution in [0.1, 0.15) is 19.3 Å². The third-order valence-electron chi connectivity index (χ3n) is 5.92. The van der Waals surface area contributed by atoms with Crippen LogP contribution >= 0.6 is 0 Å². The van der Waals surface area contributed by atoms with Crippen molar-refractivity contribution >= 4 is 22.7 Å². The molecule has 2 aromatic rings. The molecule has 25 heavy (non-hydrogen) atoms. The van der Waals surface area contributed by atoms with Crippen molar-refractivity contribution in [3.8, 4) is 0 Å². The van der Waals surface area contributed by atoms with Gasteiger partial charge in [0.15, 0.2) is 5.72 Å². The molecule has 0 saturated carbocycles. The fraction of sp³-hybridized carbons (Fsp3) is 0.474. The summed E-state index contributed by atoms with van der Waals surface area (Å²) >= 11 is 0. The minimum Gasteiger partial charge on any atom is -0.353 e. The van der Waals surface area contributed by atoms with Gasteiger partial charge >= 0.3 is 0 Å². The molecule has 1 spiro atoms. The van der Waals surface area contributed by atoms with Crippen LogP contribution in [0.5, 0.6) is 0 Å². The van der Waals surface area contributed by atoms with Crippen LogP contribution < -0.4 is 0 Å². The van der Waals surface area contributed by atoms with Crippen molar-refractivity contribution < 1.29 is 14.3 Å². The Hall–Kier alpha value is -2.34. The number of ether oxygens (including phenoxy) is 1. The maximum Gasteiger partial charge on any atom is 0.242 e. The number of nitrogens with zero attached hydrogens (tertiary/aromatic N) is 3. The van der Waals surface area contributed by atoms with Crippen molar-refractivity contribution in [3.05, 3.63) is 36.5 Å². The molecule has 0 radical (unpaired) electrons. The van der Waals surface area contributed by atoms with Crippen LogP contribution in [0, 0.1) is 0 Å². The van der Waals surface area contributed by atoms with Gasteiger partial charge in [0.05, 0.1) is 19.1 Å². The van der Waals surface area contributed by atoms with E-state index in [1.54, 1.807) is 0 Å². The average Bonchev–Trinajstić information content (AvgIpc) is 3.26. The number of carbonyl (C=O) groups is 2. The van der Waals surface area contributed by atoms with Crippen molar-refractivity contribution in [2.45, 2.75) is 37.6 Å². The lowest BCUT2D eigenvalue weighted by molar-refractivity contribution is -0.181. The van der Waals surface area contributed by atoms with Crippen molar-refractivity contribution in [3.63, 3.8) is 0 Å². The number of hydrogen-bond acceptors (Lipinski definition) is 3. The van der Waals surface area contributed by atoms with Crippen molar-refractivity contribution in [2.75, 3.05) is 19.7 Å². The molecule has 4 heterocycles. The number of para-hydroxylation sites is 1. The standard InChI is InChI=1S/C19H21N3O3/c23-17-12-16-19(22(17)8-3-11-25-19)7-10-21(16)18(24)13-20-9-6-14-4-1-2-5-15(14)20/h1-2,4-6,9,16H,3,7-8,10-13H2/t16-,19+/m1/s1. The Morgan fingerprint density at radius 2 is 2.12 bits per heavy atom. The second-order valence-electron chi connectivity index (χ2n) is 7.15. The second-order valence-corrected chi connectivity index (χ2v) is 7.15. The number of rotatable bonds is 2. The summed E-state index contributed by atoms with van der Waals surface area (Å²) in [5, 5.41) is 1.13. The van der Waals surface area contributed by atoms with E-state index in [4.69, 9.17) is 4.74 Å². The number of benzene rings is 1. The zero-order valence-corrected chi connectivity index (χ0v) is 14.1. The third kappa shape index (κ3) is 2.07. The predicted octanol–water partition coefficient (Wildman–Crippen LogP) is 1.59.